The van der Waals surface area contributed by atoms with Gasteiger partial charge in [0.2, 0.25) is 5.91 Å². The van der Waals surface area contributed by atoms with Gasteiger partial charge in [0.15, 0.2) is 5.16 Å². The monoisotopic (exact) mass is 361 g/mol. The van der Waals surface area contributed by atoms with E-state index in [0.29, 0.717) is 17.5 Å². The third-order valence-electron chi connectivity index (χ3n) is 4.12. The highest BCUT2D eigenvalue weighted by molar-refractivity contribution is 7.99. The first-order valence-corrected chi connectivity index (χ1v) is 8.99. The fourth-order valence-corrected chi connectivity index (χ4v) is 3.53. The number of benzene rings is 1. The fourth-order valence-electron chi connectivity index (χ4n) is 2.78. The number of carbonyl (C=O) groups is 1. The Hall–Kier alpha value is -2.03. The summed E-state index contributed by atoms with van der Waals surface area (Å²) in [5.41, 5.74) is 7.34. The van der Waals surface area contributed by atoms with Crippen molar-refractivity contribution >= 4 is 17.7 Å². The molecule has 0 radical (unpaired) electrons. The number of aromatic nitrogens is 2. The molecular weight excluding hydrogens is 341 g/mol. The molecule has 1 amide bonds. The molecule has 0 saturated carbocycles. The second-order valence-corrected chi connectivity index (χ2v) is 6.85. The first-order chi connectivity index (χ1) is 12.1. The van der Waals surface area contributed by atoms with Crippen LogP contribution in [0.4, 0.5) is 4.39 Å². The van der Waals surface area contributed by atoms with E-state index in [0.717, 1.165) is 12.1 Å². The van der Waals surface area contributed by atoms with Crippen LogP contribution in [0.3, 0.4) is 0 Å². The highest BCUT2D eigenvalue weighted by Gasteiger charge is 2.30. The standard InChI is InChI=1S/C17H20FN5OS/c1-23(15(24)11-25-17-19-7-2-8-20-17)10-13-9-21-22-16(13)12-3-5-14(18)6-4-12/h2-8,13,16,21-22H,9-11H2,1H3. The van der Waals surface area contributed by atoms with E-state index in [2.05, 4.69) is 20.8 Å². The van der Waals surface area contributed by atoms with Crippen LogP contribution < -0.4 is 10.9 Å². The quantitative estimate of drug-likeness (QED) is 0.602. The predicted molar refractivity (Wildman–Crippen MR) is 94.2 cm³/mol. The van der Waals surface area contributed by atoms with Gasteiger partial charge in [0.25, 0.3) is 0 Å². The van der Waals surface area contributed by atoms with Crippen LogP contribution in [-0.2, 0) is 4.79 Å². The molecule has 1 saturated heterocycles. The van der Waals surface area contributed by atoms with Crippen molar-refractivity contribution in [2.45, 2.75) is 11.2 Å². The number of hydrazine groups is 1. The van der Waals surface area contributed by atoms with Crippen LogP contribution in [-0.4, -0.2) is 46.7 Å². The lowest BCUT2D eigenvalue weighted by molar-refractivity contribution is -0.127. The van der Waals surface area contributed by atoms with Gasteiger partial charge in [0.1, 0.15) is 5.82 Å². The van der Waals surface area contributed by atoms with Crippen molar-refractivity contribution in [3.63, 3.8) is 0 Å². The van der Waals surface area contributed by atoms with E-state index in [1.54, 1.807) is 42.5 Å². The molecule has 2 atom stereocenters. The van der Waals surface area contributed by atoms with E-state index >= 15 is 0 Å². The number of hydrogen-bond acceptors (Lipinski definition) is 6. The van der Waals surface area contributed by atoms with Gasteiger partial charge < -0.3 is 4.90 Å². The van der Waals surface area contributed by atoms with Gasteiger partial charge in [0.05, 0.1) is 11.8 Å². The molecule has 132 valence electrons. The van der Waals surface area contributed by atoms with Gasteiger partial charge in [-0.3, -0.25) is 10.2 Å². The lowest BCUT2D eigenvalue weighted by Gasteiger charge is -2.25. The van der Waals surface area contributed by atoms with Crippen molar-refractivity contribution in [2.75, 3.05) is 25.9 Å². The van der Waals surface area contributed by atoms with Crippen LogP contribution >= 0.6 is 11.8 Å². The molecule has 1 aromatic carbocycles. The molecule has 1 aliphatic rings. The Morgan fingerprint density at radius 1 is 1.32 bits per heavy atom. The number of halogens is 1. The SMILES string of the molecule is CN(CC1CNNC1c1ccc(F)cc1)C(=O)CSc1ncccn1. The summed E-state index contributed by atoms with van der Waals surface area (Å²) in [6, 6.07) is 8.25. The summed E-state index contributed by atoms with van der Waals surface area (Å²) in [4.78, 5) is 22.3. The molecule has 25 heavy (non-hydrogen) atoms. The second kappa shape index (κ2) is 8.37. The molecule has 0 bridgehead atoms. The zero-order valence-electron chi connectivity index (χ0n) is 13.9. The lowest BCUT2D eigenvalue weighted by Crippen LogP contribution is -2.35. The third kappa shape index (κ3) is 4.75. The maximum absolute atomic E-state index is 13.1. The summed E-state index contributed by atoms with van der Waals surface area (Å²) in [5, 5.41) is 0.595. The van der Waals surface area contributed by atoms with Crippen molar-refractivity contribution in [3.05, 3.63) is 54.1 Å². The minimum Gasteiger partial charge on any atom is -0.345 e. The molecule has 3 rings (SSSR count). The van der Waals surface area contributed by atoms with E-state index in [9.17, 15) is 9.18 Å². The molecule has 2 unspecified atom stereocenters. The van der Waals surface area contributed by atoms with Crippen LogP contribution in [0.2, 0.25) is 0 Å². The number of rotatable bonds is 6. The fraction of sp³-hybridized carbons (Fsp3) is 0.353. The van der Waals surface area contributed by atoms with Crippen LogP contribution in [0.15, 0.2) is 47.9 Å². The molecule has 8 heteroatoms. The summed E-state index contributed by atoms with van der Waals surface area (Å²) in [6.07, 6.45) is 3.32. The first kappa shape index (κ1) is 17.8. The molecular formula is C17H20FN5OS. The Morgan fingerprint density at radius 2 is 2.04 bits per heavy atom. The summed E-state index contributed by atoms with van der Waals surface area (Å²) in [7, 11) is 1.80. The normalized spacial score (nSPS) is 19.8. The van der Waals surface area contributed by atoms with Gasteiger partial charge in [-0.15, -0.1) is 0 Å². The summed E-state index contributed by atoms with van der Waals surface area (Å²) >= 11 is 1.33. The van der Waals surface area contributed by atoms with Crippen LogP contribution in [0, 0.1) is 11.7 Å². The van der Waals surface area contributed by atoms with Gasteiger partial charge >= 0.3 is 0 Å². The van der Waals surface area contributed by atoms with Gasteiger partial charge in [-0.2, -0.15) is 0 Å². The number of nitrogens with one attached hydrogen (secondary N) is 2. The Balaban J connectivity index is 1.54. The highest BCUT2D eigenvalue weighted by Crippen LogP contribution is 2.26. The van der Waals surface area contributed by atoms with Crippen LogP contribution in [0.5, 0.6) is 0 Å². The number of hydrogen-bond donors (Lipinski definition) is 2. The van der Waals surface area contributed by atoms with Crippen molar-refractivity contribution in [1.29, 1.82) is 0 Å². The molecule has 6 nitrogen and oxygen atoms in total. The van der Waals surface area contributed by atoms with E-state index < -0.39 is 0 Å². The van der Waals surface area contributed by atoms with Crippen molar-refractivity contribution in [3.8, 4) is 0 Å². The topological polar surface area (TPSA) is 70.2 Å². The molecule has 2 N–H and O–H groups in total. The van der Waals surface area contributed by atoms with E-state index in [-0.39, 0.29) is 23.7 Å². The Kier molecular flexibility index (Phi) is 5.95. The van der Waals surface area contributed by atoms with E-state index in [1.165, 1.54) is 23.9 Å². The average Bonchev–Trinajstić information content (AvgIpc) is 3.09. The van der Waals surface area contributed by atoms with Crippen LogP contribution in [0.25, 0.3) is 0 Å². The summed E-state index contributed by atoms with van der Waals surface area (Å²) in [5.74, 6) is 0.285. The lowest BCUT2D eigenvalue weighted by atomic mass is 9.94. The van der Waals surface area contributed by atoms with Gasteiger partial charge in [-0.05, 0) is 23.8 Å². The summed E-state index contributed by atoms with van der Waals surface area (Å²) in [6.45, 7) is 1.35. The third-order valence-corrected chi connectivity index (χ3v) is 4.98. The first-order valence-electron chi connectivity index (χ1n) is 8.01. The minimum atomic E-state index is -0.251. The second-order valence-electron chi connectivity index (χ2n) is 5.91. The maximum Gasteiger partial charge on any atom is 0.232 e. The highest BCUT2D eigenvalue weighted by atomic mass is 32.2. The molecule has 0 spiro atoms. The number of thioether (sulfide) groups is 1. The van der Waals surface area contributed by atoms with E-state index in [1.807, 2.05) is 0 Å². The Bertz CT molecular complexity index is 700. The number of carbonyl (C=O) groups excluding carboxylic acids is 1. The van der Waals surface area contributed by atoms with Gasteiger partial charge in [-0.1, -0.05) is 23.9 Å². The number of amides is 1. The van der Waals surface area contributed by atoms with Crippen molar-refractivity contribution in [2.24, 2.45) is 5.92 Å². The van der Waals surface area contributed by atoms with Crippen LogP contribution in [0.1, 0.15) is 11.6 Å². The molecule has 0 aliphatic carbocycles. The molecule has 2 heterocycles. The molecule has 1 fully saturated rings. The zero-order chi connectivity index (χ0) is 17.6. The zero-order valence-corrected chi connectivity index (χ0v) is 14.7. The Morgan fingerprint density at radius 3 is 2.76 bits per heavy atom. The molecule has 1 aromatic heterocycles. The number of nitrogens with zero attached hydrogens (tertiary/aromatic N) is 3. The van der Waals surface area contributed by atoms with Crippen molar-refractivity contribution < 1.29 is 9.18 Å². The maximum atomic E-state index is 13.1. The van der Waals surface area contributed by atoms with Gasteiger partial charge in [-0.25, -0.2) is 19.8 Å². The molecule has 2 aromatic rings. The smallest absolute Gasteiger partial charge is 0.232 e. The minimum absolute atomic E-state index is 0.0298. The van der Waals surface area contributed by atoms with Gasteiger partial charge in [0, 0.05) is 38.4 Å². The average molecular weight is 361 g/mol. The van der Waals surface area contributed by atoms with E-state index in [4.69, 9.17) is 0 Å². The summed E-state index contributed by atoms with van der Waals surface area (Å²) < 4.78 is 13.1. The largest absolute Gasteiger partial charge is 0.345 e. The van der Waals surface area contributed by atoms with Crippen molar-refractivity contribution in [1.82, 2.24) is 25.7 Å². The predicted octanol–water partition coefficient (Wildman–Crippen LogP) is 1.63. The molecule has 1 aliphatic heterocycles. The Labute approximate surface area is 150 Å².